The molecular formula is C12H19FN2O. The first-order valence-electron chi connectivity index (χ1n) is 5.34. The Labute approximate surface area is 95.8 Å². The third kappa shape index (κ3) is 3.18. The van der Waals surface area contributed by atoms with Crippen LogP contribution in [0.1, 0.15) is 24.9 Å². The lowest BCUT2D eigenvalue weighted by molar-refractivity contribution is 0.385. The number of methoxy groups -OCH3 is 1. The normalized spacial score (nSPS) is 14.6. The smallest absolute Gasteiger partial charge is 0.165 e. The van der Waals surface area contributed by atoms with Crippen LogP contribution in [0, 0.1) is 5.82 Å². The van der Waals surface area contributed by atoms with E-state index >= 15 is 0 Å². The molecule has 0 heterocycles. The summed E-state index contributed by atoms with van der Waals surface area (Å²) in [4.78, 5) is 0. The molecule has 0 saturated carbocycles. The predicted molar refractivity (Wildman–Crippen MR) is 63.0 cm³/mol. The van der Waals surface area contributed by atoms with Crippen molar-refractivity contribution in [3.05, 3.63) is 29.6 Å². The minimum Gasteiger partial charge on any atom is -0.494 e. The van der Waals surface area contributed by atoms with Gasteiger partial charge in [-0.2, -0.15) is 0 Å². The standard InChI is InChI=1S/C12H19FN2O/c1-8(14)6-11(15-2)9-4-5-12(16-3)10(13)7-9/h4-5,7-8,11,15H,6,14H2,1-3H3. The van der Waals surface area contributed by atoms with Crippen LogP contribution in [-0.2, 0) is 0 Å². The number of hydrogen-bond acceptors (Lipinski definition) is 3. The highest BCUT2D eigenvalue weighted by Crippen LogP contribution is 2.23. The summed E-state index contributed by atoms with van der Waals surface area (Å²) in [6.07, 6.45) is 0.766. The highest BCUT2D eigenvalue weighted by molar-refractivity contribution is 5.31. The minimum absolute atomic E-state index is 0.0698. The van der Waals surface area contributed by atoms with Crippen molar-refractivity contribution in [2.45, 2.75) is 25.4 Å². The summed E-state index contributed by atoms with van der Waals surface area (Å²) < 4.78 is 18.4. The van der Waals surface area contributed by atoms with Crippen LogP contribution in [0.4, 0.5) is 4.39 Å². The first-order valence-corrected chi connectivity index (χ1v) is 5.34. The summed E-state index contributed by atoms with van der Waals surface area (Å²) in [6.45, 7) is 1.93. The predicted octanol–water partition coefficient (Wildman–Crippen LogP) is 1.83. The van der Waals surface area contributed by atoms with Crippen molar-refractivity contribution in [2.75, 3.05) is 14.2 Å². The van der Waals surface area contributed by atoms with E-state index in [4.69, 9.17) is 10.5 Å². The van der Waals surface area contributed by atoms with Crippen molar-refractivity contribution in [1.29, 1.82) is 0 Å². The molecule has 16 heavy (non-hydrogen) atoms. The van der Waals surface area contributed by atoms with Gasteiger partial charge in [-0.3, -0.25) is 0 Å². The van der Waals surface area contributed by atoms with Crippen molar-refractivity contribution >= 4 is 0 Å². The lowest BCUT2D eigenvalue weighted by atomic mass is 10.0. The SMILES string of the molecule is CNC(CC(C)N)c1ccc(OC)c(F)c1. The van der Waals surface area contributed by atoms with Gasteiger partial charge in [0.15, 0.2) is 11.6 Å². The van der Waals surface area contributed by atoms with Crippen LogP contribution < -0.4 is 15.8 Å². The average molecular weight is 226 g/mol. The first kappa shape index (κ1) is 12.9. The molecule has 0 aromatic heterocycles. The van der Waals surface area contributed by atoms with E-state index in [1.807, 2.05) is 20.0 Å². The Bertz CT molecular complexity index is 342. The molecule has 3 nitrogen and oxygen atoms in total. The van der Waals surface area contributed by atoms with E-state index < -0.39 is 0 Å². The molecule has 1 aromatic carbocycles. The van der Waals surface area contributed by atoms with Gasteiger partial charge in [0, 0.05) is 12.1 Å². The van der Waals surface area contributed by atoms with Gasteiger partial charge in [0.1, 0.15) is 0 Å². The third-order valence-electron chi connectivity index (χ3n) is 2.53. The number of halogens is 1. The number of hydrogen-bond donors (Lipinski definition) is 2. The summed E-state index contributed by atoms with van der Waals surface area (Å²) in [6, 6.07) is 5.12. The van der Waals surface area contributed by atoms with E-state index in [1.54, 1.807) is 6.07 Å². The van der Waals surface area contributed by atoms with E-state index in [0.717, 1.165) is 12.0 Å². The molecule has 0 aliphatic carbocycles. The highest BCUT2D eigenvalue weighted by Gasteiger charge is 2.13. The van der Waals surface area contributed by atoms with Crippen molar-refractivity contribution in [1.82, 2.24) is 5.32 Å². The lowest BCUT2D eigenvalue weighted by Gasteiger charge is -2.19. The van der Waals surface area contributed by atoms with Crippen LogP contribution in [0.5, 0.6) is 5.75 Å². The zero-order chi connectivity index (χ0) is 12.1. The molecular weight excluding hydrogens is 207 g/mol. The maximum Gasteiger partial charge on any atom is 0.165 e. The number of rotatable bonds is 5. The number of nitrogens with two attached hydrogens (primary N) is 1. The number of ether oxygens (including phenoxy) is 1. The van der Waals surface area contributed by atoms with Gasteiger partial charge in [0.05, 0.1) is 7.11 Å². The quantitative estimate of drug-likeness (QED) is 0.805. The molecule has 0 aliphatic heterocycles. The molecule has 0 radical (unpaired) electrons. The zero-order valence-corrected chi connectivity index (χ0v) is 9.96. The van der Waals surface area contributed by atoms with Crippen molar-refractivity contribution in [2.24, 2.45) is 5.73 Å². The van der Waals surface area contributed by atoms with Crippen LogP contribution in [0.15, 0.2) is 18.2 Å². The summed E-state index contributed by atoms with van der Waals surface area (Å²) in [7, 11) is 3.30. The first-order chi connectivity index (χ1) is 7.58. The summed E-state index contributed by atoms with van der Waals surface area (Å²) in [5.41, 5.74) is 6.63. The second kappa shape index (κ2) is 5.82. The van der Waals surface area contributed by atoms with Crippen LogP contribution in [0.3, 0.4) is 0 Å². The van der Waals surface area contributed by atoms with Gasteiger partial charge in [-0.25, -0.2) is 4.39 Å². The molecule has 3 N–H and O–H groups in total. The molecule has 2 atom stereocenters. The number of nitrogens with one attached hydrogen (secondary N) is 1. The minimum atomic E-state index is -0.343. The average Bonchev–Trinajstić information content (AvgIpc) is 2.25. The largest absolute Gasteiger partial charge is 0.494 e. The van der Waals surface area contributed by atoms with Gasteiger partial charge in [-0.15, -0.1) is 0 Å². The Hall–Kier alpha value is -1.13. The van der Waals surface area contributed by atoms with Gasteiger partial charge in [0.2, 0.25) is 0 Å². The molecule has 0 amide bonds. The van der Waals surface area contributed by atoms with E-state index in [0.29, 0.717) is 0 Å². The fourth-order valence-electron chi connectivity index (χ4n) is 1.69. The summed E-state index contributed by atoms with van der Waals surface area (Å²) in [5, 5.41) is 3.13. The fourth-order valence-corrected chi connectivity index (χ4v) is 1.69. The second-order valence-corrected chi connectivity index (χ2v) is 3.95. The maximum atomic E-state index is 13.5. The van der Waals surface area contributed by atoms with Crippen LogP contribution in [-0.4, -0.2) is 20.2 Å². The molecule has 1 aromatic rings. The monoisotopic (exact) mass is 226 g/mol. The van der Waals surface area contributed by atoms with Gasteiger partial charge in [-0.1, -0.05) is 6.07 Å². The second-order valence-electron chi connectivity index (χ2n) is 3.95. The van der Waals surface area contributed by atoms with Crippen molar-refractivity contribution in [3.8, 4) is 5.75 Å². The van der Waals surface area contributed by atoms with Crippen LogP contribution in [0.25, 0.3) is 0 Å². The van der Waals surface area contributed by atoms with E-state index in [1.165, 1.54) is 13.2 Å². The van der Waals surface area contributed by atoms with E-state index in [-0.39, 0.29) is 23.7 Å². The molecule has 0 aliphatic rings. The molecule has 0 saturated heterocycles. The molecule has 2 unspecified atom stereocenters. The highest BCUT2D eigenvalue weighted by atomic mass is 19.1. The van der Waals surface area contributed by atoms with Gasteiger partial charge in [-0.05, 0) is 38.1 Å². The van der Waals surface area contributed by atoms with Crippen molar-refractivity contribution < 1.29 is 9.13 Å². The van der Waals surface area contributed by atoms with Gasteiger partial charge < -0.3 is 15.8 Å². The Morgan fingerprint density at radius 3 is 2.62 bits per heavy atom. The Morgan fingerprint density at radius 2 is 2.19 bits per heavy atom. The molecule has 0 bridgehead atoms. The Morgan fingerprint density at radius 1 is 1.50 bits per heavy atom. The van der Waals surface area contributed by atoms with Crippen LogP contribution in [0.2, 0.25) is 0 Å². The Kier molecular flexibility index (Phi) is 4.71. The van der Waals surface area contributed by atoms with E-state index in [2.05, 4.69) is 5.32 Å². The zero-order valence-electron chi connectivity index (χ0n) is 9.96. The van der Waals surface area contributed by atoms with Crippen LogP contribution >= 0.6 is 0 Å². The fraction of sp³-hybridized carbons (Fsp3) is 0.500. The van der Waals surface area contributed by atoms with E-state index in [9.17, 15) is 4.39 Å². The van der Waals surface area contributed by atoms with Crippen molar-refractivity contribution in [3.63, 3.8) is 0 Å². The lowest BCUT2D eigenvalue weighted by Crippen LogP contribution is -2.25. The maximum absolute atomic E-state index is 13.5. The molecule has 90 valence electrons. The number of benzene rings is 1. The van der Waals surface area contributed by atoms with Gasteiger partial charge in [0.25, 0.3) is 0 Å². The topological polar surface area (TPSA) is 47.3 Å². The summed E-state index contributed by atoms with van der Waals surface area (Å²) in [5.74, 6) is -0.0793. The molecule has 0 fully saturated rings. The molecule has 1 rings (SSSR count). The molecule has 0 spiro atoms. The molecule has 4 heteroatoms. The third-order valence-corrected chi connectivity index (χ3v) is 2.53. The summed E-state index contributed by atoms with van der Waals surface area (Å²) >= 11 is 0. The van der Waals surface area contributed by atoms with Gasteiger partial charge >= 0.3 is 0 Å². The Balaban J connectivity index is 2.89.